The fourth-order valence-corrected chi connectivity index (χ4v) is 3.52. The summed E-state index contributed by atoms with van der Waals surface area (Å²) in [5.41, 5.74) is 3.90. The van der Waals surface area contributed by atoms with Crippen molar-refractivity contribution in [2.24, 2.45) is 0 Å². The summed E-state index contributed by atoms with van der Waals surface area (Å²) in [5, 5.41) is 3.56. The topological polar surface area (TPSA) is 28.2 Å². The lowest BCUT2D eigenvalue weighted by Crippen LogP contribution is -2.36. The maximum absolute atomic E-state index is 4.93. The Morgan fingerprint density at radius 1 is 1.29 bits per heavy atom. The fourth-order valence-electron chi connectivity index (χ4n) is 3.52. The molecule has 2 atom stereocenters. The van der Waals surface area contributed by atoms with E-state index in [1.54, 1.807) is 0 Å². The number of nitrogens with zero attached hydrogens (tertiary/aromatic N) is 2. The zero-order chi connectivity index (χ0) is 15.4. The molecule has 1 fully saturated rings. The number of pyridine rings is 1. The number of anilines is 1. The van der Waals surface area contributed by atoms with Crippen molar-refractivity contribution < 1.29 is 0 Å². The summed E-state index contributed by atoms with van der Waals surface area (Å²) in [5.74, 6) is 1.23. The first-order valence-electron chi connectivity index (χ1n) is 8.54. The van der Waals surface area contributed by atoms with Crippen LogP contribution in [0.4, 0.5) is 5.82 Å². The van der Waals surface area contributed by atoms with Gasteiger partial charge in [0.2, 0.25) is 0 Å². The summed E-state index contributed by atoms with van der Waals surface area (Å²) < 4.78 is 0. The molecular formula is C18H31N3. The minimum atomic E-state index is 0.605. The third-order valence-corrected chi connectivity index (χ3v) is 4.68. The fraction of sp³-hybridized carbons (Fsp3) is 0.722. The zero-order valence-electron chi connectivity index (χ0n) is 14.4. The van der Waals surface area contributed by atoms with Gasteiger partial charge in [-0.2, -0.15) is 0 Å². The number of hydrogen-bond donors (Lipinski definition) is 1. The average Bonchev–Trinajstić information content (AvgIpc) is 2.81. The normalized spacial score (nSPS) is 22.0. The SMILES string of the molecule is CCCNCc1c(C)cc(C)nc1N1C(C)CCC1CC. The maximum atomic E-state index is 4.93. The molecule has 1 N–H and O–H groups in total. The molecule has 21 heavy (non-hydrogen) atoms. The van der Waals surface area contributed by atoms with Crippen LogP contribution in [-0.4, -0.2) is 23.6 Å². The molecule has 1 aromatic heterocycles. The summed E-state index contributed by atoms with van der Waals surface area (Å²) in [7, 11) is 0. The molecule has 118 valence electrons. The van der Waals surface area contributed by atoms with E-state index in [0.29, 0.717) is 12.1 Å². The lowest BCUT2D eigenvalue weighted by atomic mass is 10.1. The molecule has 1 aromatic rings. The van der Waals surface area contributed by atoms with Crippen LogP contribution in [0.25, 0.3) is 0 Å². The van der Waals surface area contributed by atoms with Gasteiger partial charge in [0.25, 0.3) is 0 Å². The van der Waals surface area contributed by atoms with Gasteiger partial charge in [-0.15, -0.1) is 0 Å². The van der Waals surface area contributed by atoms with Crippen molar-refractivity contribution in [2.75, 3.05) is 11.4 Å². The smallest absolute Gasteiger partial charge is 0.134 e. The van der Waals surface area contributed by atoms with Crippen molar-refractivity contribution in [3.63, 3.8) is 0 Å². The third-order valence-electron chi connectivity index (χ3n) is 4.68. The summed E-state index contributed by atoms with van der Waals surface area (Å²) in [6.45, 7) is 13.2. The van der Waals surface area contributed by atoms with Gasteiger partial charge in [-0.05, 0) is 64.6 Å². The molecule has 2 heterocycles. The number of aryl methyl sites for hydroxylation is 2. The molecular weight excluding hydrogens is 258 g/mol. The Balaban J connectivity index is 2.35. The van der Waals surface area contributed by atoms with Gasteiger partial charge in [0.05, 0.1) is 0 Å². The molecule has 0 bridgehead atoms. The van der Waals surface area contributed by atoms with E-state index < -0.39 is 0 Å². The van der Waals surface area contributed by atoms with Gasteiger partial charge in [0, 0.05) is 29.9 Å². The largest absolute Gasteiger partial charge is 0.351 e. The Hall–Kier alpha value is -1.09. The van der Waals surface area contributed by atoms with Gasteiger partial charge in [-0.1, -0.05) is 13.8 Å². The quantitative estimate of drug-likeness (QED) is 0.803. The molecule has 1 aliphatic rings. The summed E-state index contributed by atoms with van der Waals surface area (Å²) in [6.07, 6.45) is 4.97. The highest BCUT2D eigenvalue weighted by molar-refractivity contribution is 5.54. The predicted octanol–water partition coefficient (Wildman–Crippen LogP) is 3.97. The van der Waals surface area contributed by atoms with E-state index >= 15 is 0 Å². The van der Waals surface area contributed by atoms with Crippen molar-refractivity contribution >= 4 is 5.82 Å². The van der Waals surface area contributed by atoms with Gasteiger partial charge >= 0.3 is 0 Å². The number of aromatic nitrogens is 1. The average molecular weight is 289 g/mol. The molecule has 2 rings (SSSR count). The van der Waals surface area contributed by atoms with Crippen LogP contribution in [0.2, 0.25) is 0 Å². The van der Waals surface area contributed by atoms with Crippen molar-refractivity contribution in [2.45, 2.75) is 78.9 Å². The second-order valence-electron chi connectivity index (χ2n) is 6.46. The van der Waals surface area contributed by atoms with Gasteiger partial charge in [0.1, 0.15) is 5.82 Å². The summed E-state index contributed by atoms with van der Waals surface area (Å²) in [6, 6.07) is 3.47. The first kappa shape index (κ1) is 16.3. The molecule has 0 spiro atoms. The molecule has 0 radical (unpaired) electrons. The minimum Gasteiger partial charge on any atom is -0.351 e. The van der Waals surface area contributed by atoms with Crippen LogP contribution in [-0.2, 0) is 6.54 Å². The van der Waals surface area contributed by atoms with Crippen LogP contribution < -0.4 is 10.2 Å². The lowest BCUT2D eigenvalue weighted by molar-refractivity contribution is 0.609. The van der Waals surface area contributed by atoms with Crippen LogP contribution in [0.3, 0.4) is 0 Å². The summed E-state index contributed by atoms with van der Waals surface area (Å²) >= 11 is 0. The molecule has 3 nitrogen and oxygen atoms in total. The van der Waals surface area contributed by atoms with E-state index in [2.05, 4.69) is 50.9 Å². The monoisotopic (exact) mass is 289 g/mol. The van der Waals surface area contributed by atoms with E-state index in [4.69, 9.17) is 4.98 Å². The van der Waals surface area contributed by atoms with Crippen LogP contribution in [0, 0.1) is 13.8 Å². The van der Waals surface area contributed by atoms with Gasteiger partial charge in [-0.3, -0.25) is 0 Å². The minimum absolute atomic E-state index is 0.605. The van der Waals surface area contributed by atoms with Gasteiger partial charge in [-0.25, -0.2) is 4.98 Å². The van der Waals surface area contributed by atoms with Crippen molar-refractivity contribution in [1.29, 1.82) is 0 Å². The molecule has 0 aromatic carbocycles. The highest BCUT2D eigenvalue weighted by Crippen LogP contribution is 2.34. The molecule has 3 heteroatoms. The van der Waals surface area contributed by atoms with Gasteiger partial charge < -0.3 is 10.2 Å². The van der Waals surface area contributed by atoms with Crippen LogP contribution in [0.15, 0.2) is 6.07 Å². The van der Waals surface area contributed by atoms with Crippen LogP contribution in [0.5, 0.6) is 0 Å². The maximum Gasteiger partial charge on any atom is 0.134 e. The molecule has 0 aliphatic carbocycles. The Morgan fingerprint density at radius 2 is 2.05 bits per heavy atom. The highest BCUT2D eigenvalue weighted by atomic mass is 15.3. The summed E-state index contributed by atoms with van der Waals surface area (Å²) in [4.78, 5) is 7.52. The Bertz CT molecular complexity index is 470. The van der Waals surface area contributed by atoms with Crippen LogP contribution in [0.1, 0.15) is 63.3 Å². The Kier molecular flexibility index (Phi) is 5.63. The van der Waals surface area contributed by atoms with Crippen molar-refractivity contribution in [1.82, 2.24) is 10.3 Å². The third kappa shape index (κ3) is 3.57. The predicted molar refractivity (Wildman–Crippen MR) is 91.0 cm³/mol. The number of hydrogen-bond acceptors (Lipinski definition) is 3. The molecule has 0 amide bonds. The van der Waals surface area contributed by atoms with Crippen LogP contribution >= 0.6 is 0 Å². The standard InChI is InChI=1S/C18H31N3/c1-6-10-19-12-17-13(3)11-14(4)20-18(17)21-15(5)8-9-16(21)7-2/h11,15-16,19H,6-10,12H2,1-5H3. The van der Waals surface area contributed by atoms with E-state index in [9.17, 15) is 0 Å². The number of rotatable bonds is 6. The molecule has 2 unspecified atom stereocenters. The molecule has 1 aliphatic heterocycles. The van der Waals surface area contributed by atoms with E-state index in [1.807, 2.05) is 0 Å². The van der Waals surface area contributed by atoms with Crippen molar-refractivity contribution in [3.8, 4) is 0 Å². The van der Waals surface area contributed by atoms with E-state index in [-0.39, 0.29) is 0 Å². The second kappa shape index (κ2) is 7.26. The van der Waals surface area contributed by atoms with Crippen molar-refractivity contribution in [3.05, 3.63) is 22.9 Å². The zero-order valence-corrected chi connectivity index (χ0v) is 14.4. The number of nitrogens with one attached hydrogen (secondary N) is 1. The first-order chi connectivity index (χ1) is 10.1. The molecule has 0 saturated carbocycles. The van der Waals surface area contributed by atoms with E-state index in [0.717, 1.165) is 18.8 Å². The highest BCUT2D eigenvalue weighted by Gasteiger charge is 2.32. The molecule has 1 saturated heterocycles. The first-order valence-corrected chi connectivity index (χ1v) is 8.54. The Labute approximate surface area is 130 Å². The van der Waals surface area contributed by atoms with E-state index in [1.165, 1.54) is 42.6 Å². The van der Waals surface area contributed by atoms with Gasteiger partial charge in [0.15, 0.2) is 0 Å². The second-order valence-corrected chi connectivity index (χ2v) is 6.46. The lowest BCUT2D eigenvalue weighted by Gasteiger charge is -2.32. The Morgan fingerprint density at radius 3 is 2.71 bits per heavy atom.